The molecule has 0 spiro atoms. The molecule has 2 unspecified atom stereocenters. The number of aliphatic hydroxyl groups excluding tert-OH is 1. The maximum absolute atomic E-state index is 9.36. The summed E-state index contributed by atoms with van der Waals surface area (Å²) in [4.78, 5) is 7.01. The number of likely N-dealkylation sites (N-methyl/N-ethyl adjacent to an activating group) is 1. The normalized spacial score (nSPS) is 29.5. The molecule has 5 nitrogen and oxygen atoms in total. The van der Waals surface area contributed by atoms with E-state index < -0.39 is 0 Å². The van der Waals surface area contributed by atoms with E-state index in [0.717, 1.165) is 50.4 Å². The number of rotatable bonds is 2. The van der Waals surface area contributed by atoms with Gasteiger partial charge in [-0.05, 0) is 32.9 Å². The Morgan fingerprint density at radius 1 is 1.41 bits per heavy atom. The van der Waals surface area contributed by atoms with Gasteiger partial charge in [-0.1, -0.05) is 0 Å². The minimum atomic E-state index is 0.152. The predicted octanol–water partition coefficient (Wildman–Crippen LogP) is 0.567. The molecular weight excluding hydrogens is 216 g/mol. The Hall–Kier alpha value is -0.940. The third kappa shape index (κ3) is 1.98. The molecule has 17 heavy (non-hydrogen) atoms. The summed E-state index contributed by atoms with van der Waals surface area (Å²) in [5.74, 6) is 2.54. The van der Waals surface area contributed by atoms with Crippen LogP contribution in [0.1, 0.15) is 42.9 Å². The van der Waals surface area contributed by atoms with Gasteiger partial charge in [0.1, 0.15) is 5.82 Å². The van der Waals surface area contributed by atoms with Crippen molar-refractivity contribution in [3.05, 3.63) is 11.6 Å². The molecule has 2 aliphatic rings. The molecule has 0 bridgehead atoms. The van der Waals surface area contributed by atoms with Crippen LogP contribution in [-0.2, 0) is 6.42 Å². The van der Waals surface area contributed by atoms with E-state index in [2.05, 4.69) is 22.0 Å². The lowest BCUT2D eigenvalue weighted by molar-refractivity contribution is 0.194. The van der Waals surface area contributed by atoms with Crippen LogP contribution >= 0.6 is 0 Å². The van der Waals surface area contributed by atoms with E-state index in [4.69, 9.17) is 0 Å². The molecule has 1 fully saturated rings. The first-order valence-electron chi connectivity index (χ1n) is 6.52. The van der Waals surface area contributed by atoms with E-state index in [1.165, 1.54) is 0 Å². The number of aromatic nitrogens is 3. The zero-order valence-corrected chi connectivity index (χ0v) is 10.3. The number of aliphatic hydroxyl groups is 1. The fraction of sp³-hybridized carbons (Fsp3) is 0.833. The predicted molar refractivity (Wildman–Crippen MR) is 63.9 cm³/mol. The molecule has 0 radical (unpaired) electrons. The second-order valence-corrected chi connectivity index (χ2v) is 5.31. The van der Waals surface area contributed by atoms with Crippen LogP contribution in [0.3, 0.4) is 0 Å². The van der Waals surface area contributed by atoms with Crippen molar-refractivity contribution in [3.63, 3.8) is 0 Å². The van der Waals surface area contributed by atoms with Gasteiger partial charge in [0.2, 0.25) is 0 Å². The Bertz CT molecular complexity index is 403. The summed E-state index contributed by atoms with van der Waals surface area (Å²) < 4.78 is 1.97. The van der Waals surface area contributed by atoms with Gasteiger partial charge in [0.05, 0.1) is 12.6 Å². The minimum Gasteiger partial charge on any atom is -0.394 e. The highest BCUT2D eigenvalue weighted by atomic mass is 16.3. The molecular formula is C12H20N4O. The van der Waals surface area contributed by atoms with E-state index in [9.17, 15) is 5.11 Å². The number of hydrogen-bond acceptors (Lipinski definition) is 4. The minimum absolute atomic E-state index is 0.152. The van der Waals surface area contributed by atoms with Gasteiger partial charge in [0.25, 0.3) is 0 Å². The summed E-state index contributed by atoms with van der Waals surface area (Å²) in [6.45, 7) is 2.38. The average molecular weight is 236 g/mol. The van der Waals surface area contributed by atoms with Crippen molar-refractivity contribution in [2.24, 2.45) is 0 Å². The molecule has 1 aromatic heterocycles. The van der Waals surface area contributed by atoms with E-state index in [1.807, 2.05) is 4.68 Å². The summed E-state index contributed by atoms with van der Waals surface area (Å²) in [6, 6.07) is 0.152. The number of hydrogen-bond donors (Lipinski definition) is 1. The third-order valence-corrected chi connectivity index (χ3v) is 3.97. The Balaban J connectivity index is 1.85. The lowest BCUT2D eigenvalue weighted by Gasteiger charge is -2.20. The van der Waals surface area contributed by atoms with Crippen molar-refractivity contribution in [2.75, 3.05) is 26.7 Å². The van der Waals surface area contributed by atoms with Crippen molar-refractivity contribution in [1.29, 1.82) is 0 Å². The zero-order chi connectivity index (χ0) is 11.8. The molecule has 3 rings (SSSR count). The second-order valence-electron chi connectivity index (χ2n) is 5.31. The third-order valence-electron chi connectivity index (χ3n) is 3.97. The number of likely N-dealkylation sites (tertiary alicyclic amines) is 1. The van der Waals surface area contributed by atoms with Gasteiger partial charge in [0.15, 0.2) is 5.82 Å². The van der Waals surface area contributed by atoms with Gasteiger partial charge in [-0.2, -0.15) is 5.10 Å². The number of nitrogens with zero attached hydrogens (tertiary/aromatic N) is 4. The largest absolute Gasteiger partial charge is 0.394 e. The van der Waals surface area contributed by atoms with Gasteiger partial charge >= 0.3 is 0 Å². The van der Waals surface area contributed by atoms with Crippen LogP contribution in [0.15, 0.2) is 0 Å². The van der Waals surface area contributed by atoms with Crippen LogP contribution in [-0.4, -0.2) is 51.5 Å². The van der Waals surface area contributed by atoms with Crippen molar-refractivity contribution in [1.82, 2.24) is 19.7 Å². The summed E-state index contributed by atoms with van der Waals surface area (Å²) in [6.07, 6.45) is 4.31. The topological polar surface area (TPSA) is 54.2 Å². The first kappa shape index (κ1) is 11.2. The maximum atomic E-state index is 9.36. The molecule has 1 N–H and O–H groups in total. The molecule has 0 amide bonds. The molecule has 2 atom stereocenters. The Morgan fingerprint density at radius 2 is 2.29 bits per heavy atom. The van der Waals surface area contributed by atoms with Crippen molar-refractivity contribution >= 4 is 0 Å². The van der Waals surface area contributed by atoms with Crippen LogP contribution in [0.5, 0.6) is 0 Å². The van der Waals surface area contributed by atoms with Crippen LogP contribution in [0, 0.1) is 0 Å². The zero-order valence-electron chi connectivity index (χ0n) is 10.3. The number of fused-ring (bicyclic) bond motifs is 1. The smallest absolute Gasteiger partial charge is 0.155 e. The summed E-state index contributed by atoms with van der Waals surface area (Å²) >= 11 is 0. The van der Waals surface area contributed by atoms with E-state index in [0.29, 0.717) is 5.92 Å². The maximum Gasteiger partial charge on any atom is 0.155 e. The Morgan fingerprint density at radius 3 is 3.00 bits per heavy atom. The van der Waals surface area contributed by atoms with Gasteiger partial charge in [0, 0.05) is 18.9 Å². The fourth-order valence-corrected chi connectivity index (χ4v) is 2.94. The number of aryl methyl sites for hydroxylation is 1. The SMILES string of the molecule is CN1CCC(c2nc3n(n2)C(CO)CCC3)C1. The van der Waals surface area contributed by atoms with E-state index in [1.54, 1.807) is 0 Å². The standard InChI is InChI=1S/C12H20N4O/c1-15-6-5-9(7-15)12-13-11-4-2-3-10(8-17)16(11)14-12/h9-10,17H,2-8H2,1H3. The summed E-state index contributed by atoms with van der Waals surface area (Å²) in [5, 5.41) is 14.0. The average Bonchev–Trinajstić information content (AvgIpc) is 2.93. The Kier molecular flexibility index (Phi) is 2.88. The van der Waals surface area contributed by atoms with E-state index >= 15 is 0 Å². The first-order chi connectivity index (χ1) is 8.28. The molecule has 2 aliphatic heterocycles. The van der Waals surface area contributed by atoms with Crippen molar-refractivity contribution < 1.29 is 5.11 Å². The Labute approximate surface area is 101 Å². The lowest BCUT2D eigenvalue weighted by Crippen LogP contribution is -2.22. The molecule has 94 valence electrons. The van der Waals surface area contributed by atoms with E-state index in [-0.39, 0.29) is 12.6 Å². The fourth-order valence-electron chi connectivity index (χ4n) is 2.94. The second kappa shape index (κ2) is 4.38. The monoisotopic (exact) mass is 236 g/mol. The van der Waals surface area contributed by atoms with Crippen molar-refractivity contribution in [2.45, 2.75) is 37.6 Å². The molecule has 1 saturated heterocycles. The molecule has 3 heterocycles. The van der Waals surface area contributed by atoms with Crippen molar-refractivity contribution in [3.8, 4) is 0 Å². The molecule has 0 aromatic carbocycles. The summed E-state index contributed by atoms with van der Waals surface area (Å²) in [5.41, 5.74) is 0. The van der Waals surface area contributed by atoms with Crippen LogP contribution < -0.4 is 0 Å². The first-order valence-corrected chi connectivity index (χ1v) is 6.52. The van der Waals surface area contributed by atoms with Gasteiger partial charge in [-0.15, -0.1) is 0 Å². The van der Waals surface area contributed by atoms with Gasteiger partial charge < -0.3 is 10.0 Å². The molecule has 1 aromatic rings. The molecule has 0 saturated carbocycles. The van der Waals surface area contributed by atoms with Gasteiger partial charge in [-0.25, -0.2) is 9.67 Å². The van der Waals surface area contributed by atoms with Crippen LogP contribution in [0.2, 0.25) is 0 Å². The van der Waals surface area contributed by atoms with Crippen LogP contribution in [0.4, 0.5) is 0 Å². The molecule has 5 heteroatoms. The van der Waals surface area contributed by atoms with Gasteiger partial charge in [-0.3, -0.25) is 0 Å². The quantitative estimate of drug-likeness (QED) is 0.815. The van der Waals surface area contributed by atoms with Crippen LogP contribution in [0.25, 0.3) is 0 Å². The lowest BCUT2D eigenvalue weighted by atomic mass is 10.1. The highest BCUT2D eigenvalue weighted by Crippen LogP contribution is 2.28. The molecule has 0 aliphatic carbocycles. The highest BCUT2D eigenvalue weighted by molar-refractivity contribution is 5.05. The summed E-state index contributed by atoms with van der Waals surface area (Å²) in [7, 11) is 2.15. The highest BCUT2D eigenvalue weighted by Gasteiger charge is 2.28.